The molecular weight excluding hydrogens is 172 g/mol. The first-order valence-corrected chi connectivity index (χ1v) is 5.45. The van der Waals surface area contributed by atoms with Gasteiger partial charge in [0.1, 0.15) is 0 Å². The van der Waals surface area contributed by atoms with Crippen molar-refractivity contribution in [2.24, 2.45) is 11.7 Å². The number of rotatable bonds is 2. The first-order chi connectivity index (χ1) is 6.83. The van der Waals surface area contributed by atoms with Crippen LogP contribution in [0.4, 0.5) is 0 Å². The van der Waals surface area contributed by atoms with E-state index in [0.717, 1.165) is 6.54 Å². The van der Waals surface area contributed by atoms with Crippen molar-refractivity contribution in [3.63, 3.8) is 0 Å². The highest BCUT2D eigenvalue weighted by Gasteiger charge is 2.23. The van der Waals surface area contributed by atoms with Crippen LogP contribution in [0, 0.1) is 5.92 Å². The summed E-state index contributed by atoms with van der Waals surface area (Å²) in [5.74, 6) is 1.25. The first kappa shape index (κ1) is 9.66. The summed E-state index contributed by atoms with van der Waals surface area (Å²) in [7, 11) is 0. The standard InChI is InChI=1S/C12H18N2/c1-9(7-13)11-4-2-3-10-8-14-6-5-12(10)11/h5-6,8-9,11H,2-4,7,13H2,1H3. The Morgan fingerprint density at radius 1 is 1.64 bits per heavy atom. The van der Waals surface area contributed by atoms with Crippen molar-refractivity contribution in [2.75, 3.05) is 6.54 Å². The molecule has 2 unspecified atom stereocenters. The van der Waals surface area contributed by atoms with E-state index in [-0.39, 0.29) is 0 Å². The van der Waals surface area contributed by atoms with Gasteiger partial charge in [-0.15, -0.1) is 0 Å². The SMILES string of the molecule is CC(CN)C1CCCc2cnccc21. The van der Waals surface area contributed by atoms with E-state index in [1.165, 1.54) is 30.4 Å². The minimum Gasteiger partial charge on any atom is -0.330 e. The number of nitrogens with two attached hydrogens (primary N) is 1. The Morgan fingerprint density at radius 3 is 3.29 bits per heavy atom. The number of aromatic nitrogens is 1. The third kappa shape index (κ3) is 1.67. The molecule has 1 aliphatic rings. The van der Waals surface area contributed by atoms with Crippen LogP contribution < -0.4 is 5.73 Å². The molecule has 1 aliphatic carbocycles. The summed E-state index contributed by atoms with van der Waals surface area (Å²) in [5, 5.41) is 0. The van der Waals surface area contributed by atoms with Gasteiger partial charge in [-0.25, -0.2) is 0 Å². The molecule has 2 rings (SSSR count). The molecule has 2 N–H and O–H groups in total. The summed E-state index contributed by atoms with van der Waals surface area (Å²) in [6.07, 6.45) is 7.69. The van der Waals surface area contributed by atoms with Crippen molar-refractivity contribution >= 4 is 0 Å². The van der Waals surface area contributed by atoms with Gasteiger partial charge in [-0.1, -0.05) is 6.92 Å². The van der Waals surface area contributed by atoms with Crippen LogP contribution in [-0.2, 0) is 6.42 Å². The lowest BCUT2D eigenvalue weighted by molar-refractivity contribution is 0.412. The number of hydrogen-bond donors (Lipinski definition) is 1. The molecule has 0 saturated carbocycles. The first-order valence-electron chi connectivity index (χ1n) is 5.45. The molecule has 0 aromatic carbocycles. The minimum absolute atomic E-state index is 0.594. The number of fused-ring (bicyclic) bond motifs is 1. The van der Waals surface area contributed by atoms with Crippen LogP contribution in [-0.4, -0.2) is 11.5 Å². The molecule has 1 aromatic rings. The van der Waals surface area contributed by atoms with Crippen molar-refractivity contribution < 1.29 is 0 Å². The fourth-order valence-corrected chi connectivity index (χ4v) is 2.43. The van der Waals surface area contributed by atoms with Crippen LogP contribution in [0.3, 0.4) is 0 Å². The smallest absolute Gasteiger partial charge is 0.0302 e. The zero-order chi connectivity index (χ0) is 9.97. The average Bonchev–Trinajstić information content (AvgIpc) is 2.27. The predicted molar refractivity (Wildman–Crippen MR) is 58.1 cm³/mol. The molecular formula is C12H18N2. The van der Waals surface area contributed by atoms with Crippen molar-refractivity contribution in [3.8, 4) is 0 Å². The Morgan fingerprint density at radius 2 is 2.50 bits per heavy atom. The van der Waals surface area contributed by atoms with E-state index in [1.807, 2.05) is 12.4 Å². The van der Waals surface area contributed by atoms with Crippen LogP contribution in [0.1, 0.15) is 36.8 Å². The molecule has 1 heterocycles. The Balaban J connectivity index is 2.30. The highest BCUT2D eigenvalue weighted by atomic mass is 14.6. The summed E-state index contributed by atoms with van der Waals surface area (Å²) in [4.78, 5) is 4.19. The van der Waals surface area contributed by atoms with E-state index in [4.69, 9.17) is 5.73 Å². The quantitative estimate of drug-likeness (QED) is 0.775. The second-order valence-corrected chi connectivity index (χ2v) is 4.29. The van der Waals surface area contributed by atoms with Gasteiger partial charge < -0.3 is 5.73 Å². The van der Waals surface area contributed by atoms with Crippen LogP contribution >= 0.6 is 0 Å². The zero-order valence-electron chi connectivity index (χ0n) is 8.74. The molecule has 76 valence electrons. The van der Waals surface area contributed by atoms with Crippen LogP contribution in [0.15, 0.2) is 18.5 Å². The Labute approximate surface area is 85.5 Å². The lowest BCUT2D eigenvalue weighted by Crippen LogP contribution is -2.22. The second kappa shape index (κ2) is 4.09. The lowest BCUT2D eigenvalue weighted by Gasteiger charge is -2.29. The number of aryl methyl sites for hydroxylation is 1. The van der Waals surface area contributed by atoms with Crippen LogP contribution in [0.2, 0.25) is 0 Å². The highest BCUT2D eigenvalue weighted by molar-refractivity contribution is 5.30. The molecule has 0 bridgehead atoms. The van der Waals surface area contributed by atoms with E-state index in [0.29, 0.717) is 11.8 Å². The Bertz CT molecular complexity index is 309. The highest BCUT2D eigenvalue weighted by Crippen LogP contribution is 2.35. The summed E-state index contributed by atoms with van der Waals surface area (Å²) in [6, 6.07) is 2.17. The molecule has 0 spiro atoms. The van der Waals surface area contributed by atoms with E-state index < -0.39 is 0 Å². The largest absolute Gasteiger partial charge is 0.330 e. The number of nitrogens with zero attached hydrogens (tertiary/aromatic N) is 1. The average molecular weight is 190 g/mol. The summed E-state index contributed by atoms with van der Waals surface area (Å²) in [6.45, 7) is 3.03. The third-order valence-electron chi connectivity index (χ3n) is 3.36. The van der Waals surface area contributed by atoms with Crippen LogP contribution in [0.25, 0.3) is 0 Å². The van der Waals surface area contributed by atoms with E-state index in [1.54, 1.807) is 0 Å². The molecule has 1 aromatic heterocycles. The van der Waals surface area contributed by atoms with Crippen molar-refractivity contribution in [1.82, 2.24) is 4.98 Å². The minimum atomic E-state index is 0.594. The van der Waals surface area contributed by atoms with E-state index in [9.17, 15) is 0 Å². The van der Waals surface area contributed by atoms with Gasteiger partial charge in [0.05, 0.1) is 0 Å². The molecule has 2 nitrogen and oxygen atoms in total. The maximum atomic E-state index is 5.74. The van der Waals surface area contributed by atoms with Gasteiger partial charge in [0.15, 0.2) is 0 Å². The molecule has 2 heteroatoms. The molecule has 2 atom stereocenters. The predicted octanol–water partition coefficient (Wildman–Crippen LogP) is 2.10. The maximum Gasteiger partial charge on any atom is 0.0302 e. The molecule has 0 radical (unpaired) electrons. The molecule has 0 fully saturated rings. The molecule has 0 aliphatic heterocycles. The maximum absolute atomic E-state index is 5.74. The van der Waals surface area contributed by atoms with Gasteiger partial charge in [-0.3, -0.25) is 4.98 Å². The van der Waals surface area contributed by atoms with Gasteiger partial charge in [0.2, 0.25) is 0 Å². The van der Waals surface area contributed by atoms with Gasteiger partial charge in [0.25, 0.3) is 0 Å². The van der Waals surface area contributed by atoms with Crippen molar-refractivity contribution in [1.29, 1.82) is 0 Å². The van der Waals surface area contributed by atoms with Crippen molar-refractivity contribution in [2.45, 2.75) is 32.1 Å². The normalized spacial score (nSPS) is 22.9. The molecule has 14 heavy (non-hydrogen) atoms. The Kier molecular flexibility index (Phi) is 2.82. The monoisotopic (exact) mass is 190 g/mol. The summed E-state index contributed by atoms with van der Waals surface area (Å²) in [5.41, 5.74) is 8.67. The number of hydrogen-bond acceptors (Lipinski definition) is 2. The van der Waals surface area contributed by atoms with Gasteiger partial charge >= 0.3 is 0 Å². The molecule has 0 amide bonds. The van der Waals surface area contributed by atoms with Gasteiger partial charge in [0, 0.05) is 12.4 Å². The van der Waals surface area contributed by atoms with Gasteiger partial charge in [-0.05, 0) is 54.8 Å². The lowest BCUT2D eigenvalue weighted by atomic mass is 9.77. The molecule has 0 saturated heterocycles. The van der Waals surface area contributed by atoms with E-state index >= 15 is 0 Å². The van der Waals surface area contributed by atoms with E-state index in [2.05, 4.69) is 18.0 Å². The van der Waals surface area contributed by atoms with Gasteiger partial charge in [-0.2, -0.15) is 0 Å². The zero-order valence-corrected chi connectivity index (χ0v) is 8.74. The summed E-state index contributed by atoms with van der Waals surface area (Å²) < 4.78 is 0. The fraction of sp³-hybridized carbons (Fsp3) is 0.583. The number of pyridine rings is 1. The third-order valence-corrected chi connectivity index (χ3v) is 3.36. The second-order valence-electron chi connectivity index (χ2n) is 4.29. The fourth-order valence-electron chi connectivity index (χ4n) is 2.43. The van der Waals surface area contributed by atoms with Crippen LogP contribution in [0.5, 0.6) is 0 Å². The Hall–Kier alpha value is -0.890. The topological polar surface area (TPSA) is 38.9 Å². The van der Waals surface area contributed by atoms with Crippen molar-refractivity contribution in [3.05, 3.63) is 29.6 Å². The summed E-state index contributed by atoms with van der Waals surface area (Å²) >= 11 is 0.